The van der Waals surface area contributed by atoms with Crippen molar-refractivity contribution in [3.05, 3.63) is 0 Å². The minimum absolute atomic E-state index is 0. The summed E-state index contributed by atoms with van der Waals surface area (Å²) in [6.45, 7) is 1.96. The van der Waals surface area contributed by atoms with Crippen LogP contribution in [0.15, 0.2) is 0 Å². The Morgan fingerprint density at radius 2 is 2.27 bits per heavy atom. The number of nitrogens with one attached hydrogen (secondary N) is 1. The van der Waals surface area contributed by atoms with E-state index in [2.05, 4.69) is 5.32 Å². The van der Waals surface area contributed by atoms with Crippen molar-refractivity contribution in [2.24, 2.45) is 0 Å². The first kappa shape index (κ1) is 12.2. The van der Waals surface area contributed by atoms with E-state index in [0.29, 0.717) is 6.61 Å². The zero-order chi connectivity index (χ0) is 7.56. The Balaban J connectivity index is 0.000001000. The average Bonchev–Trinajstić information content (AvgIpc) is 2.15. The summed E-state index contributed by atoms with van der Waals surface area (Å²) in [6.07, 6.45) is -0.788. The Labute approximate surface area is 114 Å². The number of hydrogen-bond acceptors (Lipinski definition) is 3. The van der Waals surface area contributed by atoms with Crippen LogP contribution in [-0.2, 0) is 9.53 Å². The van der Waals surface area contributed by atoms with Crippen LogP contribution in [0, 0.1) is 0 Å². The molecule has 2 unspecified atom stereocenters. The molecule has 0 saturated carbocycles. The van der Waals surface area contributed by atoms with E-state index in [1.165, 1.54) is 6.92 Å². The molecule has 0 bridgehead atoms. The third kappa shape index (κ3) is 4.10. The summed E-state index contributed by atoms with van der Waals surface area (Å²) < 4.78 is 4.84. The van der Waals surface area contributed by atoms with E-state index < -0.39 is 6.10 Å². The van der Waals surface area contributed by atoms with Crippen LogP contribution in [-0.4, -0.2) is 31.3 Å². The van der Waals surface area contributed by atoms with Gasteiger partial charge < -0.3 is 15.2 Å². The molecular formula is C6H10NO3Rb. The summed E-state index contributed by atoms with van der Waals surface area (Å²) in [5, 5.41) is 13.4. The third-order valence-corrected chi connectivity index (χ3v) is 1.42. The topological polar surface area (TPSA) is 61.4 Å². The van der Waals surface area contributed by atoms with Crippen molar-refractivity contribution in [3.63, 3.8) is 0 Å². The predicted octanol–water partition coefficient (Wildman–Crippen LogP) is -4.75. The van der Waals surface area contributed by atoms with Gasteiger partial charge in [-0.2, -0.15) is 0 Å². The van der Waals surface area contributed by atoms with Gasteiger partial charge in [0.15, 0.2) is 0 Å². The summed E-state index contributed by atoms with van der Waals surface area (Å²) in [4.78, 5) is 10.4. The van der Waals surface area contributed by atoms with Crippen LogP contribution in [0.2, 0.25) is 0 Å². The standard InChI is InChI=1S/C6H10NO3.Rb/c1-4(8)7-5-2-10-3-6(5)9;/h5-6H,2-3H2,1H3,(H,7,8);/q-1;+1. The van der Waals surface area contributed by atoms with E-state index >= 15 is 0 Å². The van der Waals surface area contributed by atoms with Crippen molar-refractivity contribution in [1.29, 1.82) is 0 Å². The molecule has 0 aromatic heterocycles. The van der Waals surface area contributed by atoms with E-state index in [-0.39, 0.29) is 76.7 Å². The molecule has 1 aliphatic heterocycles. The second-order valence-corrected chi connectivity index (χ2v) is 2.38. The first-order chi connectivity index (χ1) is 4.70. The molecule has 1 fully saturated rings. The molecule has 1 heterocycles. The zero-order valence-electron chi connectivity index (χ0n) is 6.79. The minimum Gasteiger partial charge on any atom is -0.849 e. The van der Waals surface area contributed by atoms with Gasteiger partial charge in [-0.3, -0.25) is 4.79 Å². The summed E-state index contributed by atoms with van der Waals surface area (Å²) in [7, 11) is 0. The number of amides is 1. The largest absolute Gasteiger partial charge is 1.00 e. The maximum atomic E-state index is 10.9. The van der Waals surface area contributed by atoms with Crippen molar-refractivity contribution >= 4 is 5.91 Å². The Bertz CT molecular complexity index is 142. The van der Waals surface area contributed by atoms with Gasteiger partial charge >= 0.3 is 58.2 Å². The first-order valence-electron chi connectivity index (χ1n) is 3.21. The Kier molecular flexibility index (Phi) is 6.40. The fraction of sp³-hybridized carbons (Fsp3) is 0.833. The van der Waals surface area contributed by atoms with Gasteiger partial charge in [-0.1, -0.05) is 6.10 Å². The molecule has 0 radical (unpaired) electrons. The third-order valence-electron chi connectivity index (χ3n) is 1.42. The van der Waals surface area contributed by atoms with Gasteiger partial charge in [-0.25, -0.2) is 0 Å². The van der Waals surface area contributed by atoms with Crippen LogP contribution >= 0.6 is 0 Å². The number of carbonyl (C=O) groups is 1. The molecule has 0 aliphatic carbocycles. The average molecular weight is 230 g/mol. The summed E-state index contributed by atoms with van der Waals surface area (Å²) >= 11 is 0. The molecule has 5 heteroatoms. The monoisotopic (exact) mass is 229 g/mol. The van der Waals surface area contributed by atoms with Gasteiger partial charge in [-0.15, -0.1) is 0 Å². The Hall–Kier alpha value is 1.20. The number of hydrogen-bond donors (Lipinski definition) is 1. The molecule has 2 atom stereocenters. The fourth-order valence-electron chi connectivity index (χ4n) is 0.930. The van der Waals surface area contributed by atoms with Crippen LogP contribution < -0.4 is 68.6 Å². The molecule has 1 saturated heterocycles. The molecule has 58 valence electrons. The van der Waals surface area contributed by atoms with Crippen molar-refractivity contribution in [3.8, 4) is 0 Å². The quantitative estimate of drug-likeness (QED) is 0.491. The molecule has 4 nitrogen and oxygen atoms in total. The zero-order valence-corrected chi connectivity index (χ0v) is 11.7. The number of carbonyl (C=O) groups excluding carboxylic acids is 1. The van der Waals surface area contributed by atoms with Crippen molar-refractivity contribution < 1.29 is 72.8 Å². The number of ether oxygens (including phenoxy) is 1. The summed E-state index contributed by atoms with van der Waals surface area (Å²) in [6, 6.07) is -0.322. The van der Waals surface area contributed by atoms with E-state index in [4.69, 9.17) is 4.74 Å². The first-order valence-corrected chi connectivity index (χ1v) is 3.21. The molecule has 1 amide bonds. The van der Waals surface area contributed by atoms with E-state index in [9.17, 15) is 9.90 Å². The van der Waals surface area contributed by atoms with Gasteiger partial charge in [-0.05, 0) is 0 Å². The van der Waals surface area contributed by atoms with Crippen molar-refractivity contribution in [1.82, 2.24) is 5.32 Å². The SMILES string of the molecule is CC(=O)NC1COCC1[O-].[Rb+]. The Morgan fingerprint density at radius 1 is 1.64 bits per heavy atom. The van der Waals surface area contributed by atoms with Crippen molar-refractivity contribution in [2.45, 2.75) is 19.1 Å². The maximum absolute atomic E-state index is 10.9. The molecule has 0 spiro atoms. The predicted molar refractivity (Wildman–Crippen MR) is 32.2 cm³/mol. The van der Waals surface area contributed by atoms with Crippen LogP contribution in [0.1, 0.15) is 6.92 Å². The normalized spacial score (nSPS) is 29.3. The minimum atomic E-state index is -0.788. The fourth-order valence-corrected chi connectivity index (χ4v) is 0.930. The van der Waals surface area contributed by atoms with Crippen LogP contribution in [0.4, 0.5) is 0 Å². The number of rotatable bonds is 1. The van der Waals surface area contributed by atoms with Gasteiger partial charge in [0.25, 0.3) is 0 Å². The van der Waals surface area contributed by atoms with E-state index in [0.717, 1.165) is 0 Å². The van der Waals surface area contributed by atoms with Crippen LogP contribution in [0.3, 0.4) is 0 Å². The molecule has 1 N–H and O–H groups in total. The smallest absolute Gasteiger partial charge is 0.849 e. The van der Waals surface area contributed by atoms with Gasteiger partial charge in [0, 0.05) is 19.6 Å². The molecule has 0 aromatic carbocycles. The summed E-state index contributed by atoms with van der Waals surface area (Å²) in [5.74, 6) is -0.170. The van der Waals surface area contributed by atoms with Gasteiger partial charge in [0.2, 0.25) is 5.91 Å². The van der Waals surface area contributed by atoms with Gasteiger partial charge in [0.1, 0.15) is 0 Å². The van der Waals surface area contributed by atoms with Gasteiger partial charge in [0.05, 0.1) is 6.61 Å². The van der Waals surface area contributed by atoms with Crippen LogP contribution in [0.25, 0.3) is 0 Å². The van der Waals surface area contributed by atoms with Crippen LogP contribution in [0.5, 0.6) is 0 Å². The second-order valence-electron chi connectivity index (χ2n) is 2.38. The maximum Gasteiger partial charge on any atom is 1.00 e. The molecule has 11 heavy (non-hydrogen) atoms. The van der Waals surface area contributed by atoms with E-state index in [1.54, 1.807) is 0 Å². The molecule has 0 aromatic rings. The molecule has 1 rings (SSSR count). The second kappa shape index (κ2) is 5.77. The molecular weight excluding hydrogens is 220 g/mol. The molecule has 1 aliphatic rings. The van der Waals surface area contributed by atoms with Crippen molar-refractivity contribution in [2.75, 3.05) is 13.2 Å². The summed E-state index contributed by atoms with van der Waals surface area (Å²) in [5.41, 5.74) is 0. The Morgan fingerprint density at radius 3 is 2.64 bits per heavy atom. The van der Waals surface area contributed by atoms with E-state index in [1.807, 2.05) is 0 Å².